The Labute approximate surface area is 116 Å². The first-order valence-electron chi connectivity index (χ1n) is 6.66. The first-order valence-corrected chi connectivity index (χ1v) is 6.66. The lowest BCUT2D eigenvalue weighted by Gasteiger charge is -2.42. The molecule has 5 heteroatoms. The van der Waals surface area contributed by atoms with E-state index < -0.39 is 0 Å². The number of nitrogens with one attached hydrogen (secondary N) is 1. The quantitative estimate of drug-likeness (QED) is 0.712. The second-order valence-corrected chi connectivity index (χ2v) is 5.21. The summed E-state index contributed by atoms with van der Waals surface area (Å²) in [6, 6.07) is -0.348. The second kappa shape index (κ2) is 8.73. The number of halogens is 1. The van der Waals surface area contributed by atoms with Crippen LogP contribution in [0.1, 0.15) is 45.4 Å². The fraction of sp³-hybridized carbons (Fsp3) is 0.923. The molecule has 0 aromatic heterocycles. The van der Waals surface area contributed by atoms with E-state index in [4.69, 9.17) is 10.5 Å². The molecule has 4 nitrogen and oxygen atoms in total. The van der Waals surface area contributed by atoms with Crippen molar-refractivity contribution in [2.75, 3.05) is 20.3 Å². The van der Waals surface area contributed by atoms with E-state index in [0.717, 1.165) is 32.4 Å². The van der Waals surface area contributed by atoms with Gasteiger partial charge < -0.3 is 15.8 Å². The van der Waals surface area contributed by atoms with Gasteiger partial charge in [0.25, 0.3) is 0 Å². The predicted octanol–water partition coefficient (Wildman–Crippen LogP) is 1.86. The minimum absolute atomic E-state index is 0. The van der Waals surface area contributed by atoms with E-state index in [2.05, 4.69) is 5.32 Å². The van der Waals surface area contributed by atoms with Crippen LogP contribution in [0.3, 0.4) is 0 Å². The van der Waals surface area contributed by atoms with Gasteiger partial charge >= 0.3 is 0 Å². The normalized spacial score (nSPS) is 18.4. The van der Waals surface area contributed by atoms with Crippen LogP contribution in [0.5, 0.6) is 0 Å². The van der Waals surface area contributed by atoms with Gasteiger partial charge in [0.1, 0.15) is 0 Å². The number of hydrogen-bond donors (Lipinski definition) is 2. The molecule has 0 radical (unpaired) electrons. The zero-order valence-electron chi connectivity index (χ0n) is 11.5. The summed E-state index contributed by atoms with van der Waals surface area (Å²) in [4.78, 5) is 11.7. The van der Waals surface area contributed by atoms with Crippen molar-refractivity contribution < 1.29 is 9.53 Å². The van der Waals surface area contributed by atoms with Gasteiger partial charge in [-0.3, -0.25) is 4.79 Å². The van der Waals surface area contributed by atoms with E-state index in [1.54, 1.807) is 7.11 Å². The van der Waals surface area contributed by atoms with Gasteiger partial charge in [0.05, 0.1) is 6.04 Å². The molecule has 0 aliphatic heterocycles. The highest BCUT2D eigenvalue weighted by Gasteiger charge is 2.36. The third kappa shape index (κ3) is 5.12. The lowest BCUT2D eigenvalue weighted by Crippen LogP contribution is -2.47. The zero-order chi connectivity index (χ0) is 12.7. The Kier molecular flexibility index (Phi) is 8.57. The van der Waals surface area contributed by atoms with E-state index in [0.29, 0.717) is 0 Å². The van der Waals surface area contributed by atoms with Gasteiger partial charge in [-0.05, 0) is 31.1 Å². The van der Waals surface area contributed by atoms with Crippen LogP contribution in [0.4, 0.5) is 0 Å². The molecular weight excluding hydrogens is 252 g/mol. The average Bonchev–Trinajstić information content (AvgIpc) is 2.27. The lowest BCUT2D eigenvalue weighted by atomic mass is 9.66. The molecule has 0 saturated heterocycles. The monoisotopic (exact) mass is 278 g/mol. The minimum atomic E-state index is -0.348. The van der Waals surface area contributed by atoms with Gasteiger partial charge in [0.2, 0.25) is 5.91 Å². The summed E-state index contributed by atoms with van der Waals surface area (Å²) in [7, 11) is 1.72. The van der Waals surface area contributed by atoms with Crippen molar-refractivity contribution in [3.8, 4) is 0 Å². The Hall–Kier alpha value is -0.320. The van der Waals surface area contributed by atoms with Crippen molar-refractivity contribution in [3.63, 3.8) is 0 Å². The third-order valence-corrected chi connectivity index (χ3v) is 3.82. The Morgan fingerprint density at radius 1 is 1.50 bits per heavy atom. The highest BCUT2D eigenvalue weighted by Crippen LogP contribution is 2.43. The maximum Gasteiger partial charge on any atom is 0.236 e. The van der Waals surface area contributed by atoms with E-state index in [9.17, 15) is 4.79 Å². The molecule has 108 valence electrons. The van der Waals surface area contributed by atoms with Crippen LogP contribution in [-0.2, 0) is 9.53 Å². The molecule has 1 aliphatic carbocycles. The van der Waals surface area contributed by atoms with E-state index >= 15 is 0 Å². The van der Waals surface area contributed by atoms with Crippen LogP contribution >= 0.6 is 12.4 Å². The molecule has 0 aromatic carbocycles. The van der Waals surface area contributed by atoms with Crippen LogP contribution < -0.4 is 11.1 Å². The summed E-state index contributed by atoms with van der Waals surface area (Å²) < 4.78 is 5.13. The van der Waals surface area contributed by atoms with Crippen molar-refractivity contribution in [1.29, 1.82) is 0 Å². The molecule has 3 N–H and O–H groups in total. The number of amides is 1. The first kappa shape index (κ1) is 17.7. The largest absolute Gasteiger partial charge is 0.385 e. The maximum absolute atomic E-state index is 11.7. The number of rotatable bonds is 8. The lowest BCUT2D eigenvalue weighted by molar-refractivity contribution is -0.123. The number of methoxy groups -OCH3 is 1. The van der Waals surface area contributed by atoms with E-state index in [1.807, 2.05) is 6.92 Å². The Morgan fingerprint density at radius 2 is 2.17 bits per heavy atom. The fourth-order valence-electron chi connectivity index (χ4n) is 2.36. The van der Waals surface area contributed by atoms with Crippen molar-refractivity contribution in [2.45, 2.75) is 51.5 Å². The topological polar surface area (TPSA) is 64.4 Å². The van der Waals surface area contributed by atoms with Gasteiger partial charge in [-0.1, -0.05) is 19.8 Å². The van der Waals surface area contributed by atoms with Gasteiger partial charge in [-0.15, -0.1) is 12.4 Å². The minimum Gasteiger partial charge on any atom is -0.385 e. The summed E-state index contributed by atoms with van der Waals surface area (Å²) in [6.07, 6.45) is 6.40. The highest BCUT2D eigenvalue weighted by molar-refractivity contribution is 5.85. The molecule has 18 heavy (non-hydrogen) atoms. The van der Waals surface area contributed by atoms with E-state index in [1.165, 1.54) is 19.3 Å². The Morgan fingerprint density at radius 3 is 2.61 bits per heavy atom. The summed E-state index contributed by atoms with van der Waals surface area (Å²) in [5.41, 5.74) is 6.06. The molecule has 1 atom stereocenters. The van der Waals surface area contributed by atoms with Crippen molar-refractivity contribution in [1.82, 2.24) is 5.32 Å². The third-order valence-electron chi connectivity index (χ3n) is 3.82. The first-order chi connectivity index (χ1) is 8.13. The molecule has 1 fully saturated rings. The maximum atomic E-state index is 11.7. The number of carbonyl (C=O) groups is 1. The van der Waals surface area contributed by atoms with Gasteiger partial charge in [-0.25, -0.2) is 0 Å². The number of hydrogen-bond acceptors (Lipinski definition) is 3. The van der Waals surface area contributed by atoms with Crippen molar-refractivity contribution >= 4 is 18.3 Å². The van der Waals surface area contributed by atoms with Gasteiger partial charge in [0, 0.05) is 20.3 Å². The van der Waals surface area contributed by atoms with Gasteiger partial charge in [-0.2, -0.15) is 0 Å². The Balaban J connectivity index is 0.00000289. The van der Waals surface area contributed by atoms with E-state index in [-0.39, 0.29) is 29.8 Å². The van der Waals surface area contributed by atoms with Crippen LogP contribution in [0.15, 0.2) is 0 Å². The van der Waals surface area contributed by atoms with Crippen LogP contribution in [-0.4, -0.2) is 32.2 Å². The molecule has 0 heterocycles. The summed E-state index contributed by atoms with van der Waals surface area (Å²) in [6.45, 7) is 3.57. The van der Waals surface area contributed by atoms with Crippen molar-refractivity contribution in [3.05, 3.63) is 0 Å². The molecule has 0 spiro atoms. The molecule has 0 bridgehead atoms. The predicted molar refractivity (Wildman–Crippen MR) is 75.9 cm³/mol. The number of carbonyl (C=O) groups excluding carboxylic acids is 1. The zero-order valence-corrected chi connectivity index (χ0v) is 12.4. The highest BCUT2D eigenvalue weighted by atomic mass is 35.5. The van der Waals surface area contributed by atoms with Gasteiger partial charge in [0.15, 0.2) is 0 Å². The smallest absolute Gasteiger partial charge is 0.236 e. The molecule has 1 saturated carbocycles. The summed E-state index contributed by atoms with van der Waals surface area (Å²) in [5, 5.41) is 3.00. The summed E-state index contributed by atoms with van der Waals surface area (Å²) in [5.74, 6) is -0.00413. The standard InChI is InChI=1S/C13H26N2O2.ClH/c1-3-5-11(14)12(16)15-10-13(6-4-7-13)8-9-17-2;/h11H,3-10,14H2,1-2H3,(H,15,16);1H. The molecule has 0 aromatic rings. The van der Waals surface area contributed by atoms with Crippen LogP contribution in [0.2, 0.25) is 0 Å². The fourth-order valence-corrected chi connectivity index (χ4v) is 2.36. The molecule has 1 amide bonds. The SMILES string of the molecule is CCCC(N)C(=O)NCC1(CCOC)CCC1.Cl. The molecule has 1 aliphatic rings. The molecule has 1 unspecified atom stereocenters. The van der Waals surface area contributed by atoms with Crippen LogP contribution in [0, 0.1) is 5.41 Å². The van der Waals surface area contributed by atoms with Crippen LogP contribution in [0.25, 0.3) is 0 Å². The van der Waals surface area contributed by atoms with Crippen molar-refractivity contribution in [2.24, 2.45) is 11.1 Å². The number of ether oxygens (including phenoxy) is 1. The number of nitrogens with two attached hydrogens (primary N) is 1. The molecular formula is C13H27ClN2O2. The average molecular weight is 279 g/mol. The Bertz CT molecular complexity index is 245. The molecule has 1 rings (SSSR count). The second-order valence-electron chi connectivity index (χ2n) is 5.21. The summed E-state index contributed by atoms with van der Waals surface area (Å²) >= 11 is 0.